The molecule has 1 aromatic heterocycles. The van der Waals surface area contributed by atoms with Gasteiger partial charge in [-0.05, 0) is 26.0 Å². The number of amides is 1. The third-order valence-electron chi connectivity index (χ3n) is 2.83. The van der Waals surface area contributed by atoms with E-state index in [1.807, 2.05) is 13.8 Å². The molecule has 20 heavy (non-hydrogen) atoms. The van der Waals surface area contributed by atoms with E-state index in [1.165, 1.54) is 11.3 Å². The van der Waals surface area contributed by atoms with Crippen LogP contribution in [-0.4, -0.2) is 17.5 Å². The summed E-state index contributed by atoms with van der Waals surface area (Å²) in [4.78, 5) is 17.4. The first-order valence-corrected chi connectivity index (χ1v) is 7.20. The fourth-order valence-corrected chi connectivity index (χ4v) is 2.51. The molecule has 6 heteroatoms. The topological polar surface area (TPSA) is 77.2 Å². The van der Waals surface area contributed by atoms with Gasteiger partial charge in [-0.3, -0.25) is 4.79 Å². The van der Waals surface area contributed by atoms with E-state index in [1.54, 1.807) is 23.7 Å². The van der Waals surface area contributed by atoms with E-state index < -0.39 is 0 Å². The molecule has 0 atom stereocenters. The minimum Gasteiger partial charge on any atom is -0.491 e. The molecule has 3 N–H and O–H groups in total. The summed E-state index contributed by atoms with van der Waals surface area (Å²) in [5.41, 5.74) is 9.47. The van der Waals surface area contributed by atoms with Crippen LogP contribution in [0.15, 0.2) is 23.7 Å². The van der Waals surface area contributed by atoms with Crippen LogP contribution < -0.4 is 15.8 Å². The lowest BCUT2D eigenvalue weighted by Gasteiger charge is -2.12. The third-order valence-corrected chi connectivity index (χ3v) is 3.77. The van der Waals surface area contributed by atoms with Crippen molar-refractivity contribution >= 4 is 22.9 Å². The number of nitrogen functional groups attached to an aromatic ring is 1. The highest BCUT2D eigenvalue weighted by Crippen LogP contribution is 2.26. The van der Waals surface area contributed by atoms with Gasteiger partial charge in [-0.15, -0.1) is 11.3 Å². The maximum atomic E-state index is 12.2. The summed E-state index contributed by atoms with van der Waals surface area (Å²) in [5.74, 6) is 0.238. The molecule has 0 bridgehead atoms. The van der Waals surface area contributed by atoms with Gasteiger partial charge >= 0.3 is 0 Å². The summed E-state index contributed by atoms with van der Waals surface area (Å²) in [6, 6.07) is 5.16. The van der Waals surface area contributed by atoms with Gasteiger partial charge in [0, 0.05) is 4.88 Å². The zero-order valence-electron chi connectivity index (χ0n) is 11.5. The highest BCUT2D eigenvalue weighted by Gasteiger charge is 2.15. The van der Waals surface area contributed by atoms with Crippen LogP contribution in [0.5, 0.6) is 5.75 Å². The molecular formula is C14H17N3O2S. The molecule has 2 rings (SSSR count). The molecule has 0 aliphatic heterocycles. The summed E-state index contributed by atoms with van der Waals surface area (Å²) < 4.78 is 5.45. The summed E-state index contributed by atoms with van der Waals surface area (Å²) in [6.07, 6.45) is 0. The first kappa shape index (κ1) is 14.3. The molecule has 0 saturated carbocycles. The zero-order chi connectivity index (χ0) is 14.5. The molecule has 2 aromatic rings. The molecule has 0 aliphatic rings. The molecule has 0 unspecified atom stereocenters. The Morgan fingerprint density at radius 3 is 2.95 bits per heavy atom. The average molecular weight is 291 g/mol. The normalized spacial score (nSPS) is 10.3. The van der Waals surface area contributed by atoms with E-state index in [0.717, 1.165) is 10.6 Å². The lowest BCUT2D eigenvalue weighted by atomic mass is 10.1. The van der Waals surface area contributed by atoms with Crippen molar-refractivity contribution in [1.82, 2.24) is 10.3 Å². The molecule has 5 nitrogen and oxygen atoms in total. The number of thiazole rings is 1. The number of rotatable bonds is 5. The Balaban J connectivity index is 2.13. The van der Waals surface area contributed by atoms with Gasteiger partial charge in [0.2, 0.25) is 0 Å². The number of carbonyl (C=O) groups is 1. The van der Waals surface area contributed by atoms with Gasteiger partial charge in [-0.1, -0.05) is 6.07 Å². The predicted octanol–water partition coefficient (Wildman–Crippen LogP) is 2.36. The van der Waals surface area contributed by atoms with Gasteiger partial charge in [0.25, 0.3) is 5.91 Å². The van der Waals surface area contributed by atoms with Crippen molar-refractivity contribution < 1.29 is 9.53 Å². The molecule has 1 aromatic carbocycles. The van der Waals surface area contributed by atoms with Crippen molar-refractivity contribution in [2.75, 3.05) is 12.3 Å². The van der Waals surface area contributed by atoms with Crippen LogP contribution in [0, 0.1) is 6.92 Å². The number of anilines is 1. The summed E-state index contributed by atoms with van der Waals surface area (Å²) in [5, 5.41) is 2.86. The lowest BCUT2D eigenvalue weighted by Crippen LogP contribution is -2.23. The maximum absolute atomic E-state index is 12.2. The van der Waals surface area contributed by atoms with E-state index >= 15 is 0 Å². The van der Waals surface area contributed by atoms with Crippen molar-refractivity contribution in [1.29, 1.82) is 0 Å². The molecule has 0 spiro atoms. The van der Waals surface area contributed by atoms with Gasteiger partial charge in [0.15, 0.2) is 5.75 Å². The van der Waals surface area contributed by atoms with E-state index in [0.29, 0.717) is 30.2 Å². The Morgan fingerprint density at radius 2 is 2.30 bits per heavy atom. The molecule has 1 amide bonds. The number of ether oxygens (including phenoxy) is 1. The van der Waals surface area contributed by atoms with Crippen molar-refractivity contribution in [3.8, 4) is 5.75 Å². The number of nitrogens with one attached hydrogen (secondary N) is 1. The number of hydrogen-bond donors (Lipinski definition) is 2. The Morgan fingerprint density at radius 1 is 1.50 bits per heavy atom. The molecule has 0 saturated heterocycles. The second kappa shape index (κ2) is 6.38. The fraction of sp³-hybridized carbons (Fsp3) is 0.286. The SMILES string of the molecule is CCOc1c(N)cccc1C(=O)NCc1scnc1C. The fourth-order valence-electron chi connectivity index (χ4n) is 1.79. The van der Waals surface area contributed by atoms with Crippen LogP contribution in [0.4, 0.5) is 5.69 Å². The first-order chi connectivity index (χ1) is 9.63. The van der Waals surface area contributed by atoms with E-state index in [-0.39, 0.29) is 5.91 Å². The van der Waals surface area contributed by atoms with Crippen molar-refractivity contribution in [3.05, 3.63) is 39.8 Å². The number of aromatic nitrogens is 1. The van der Waals surface area contributed by atoms with E-state index in [2.05, 4.69) is 10.3 Å². The number of nitrogens with two attached hydrogens (primary N) is 1. The van der Waals surface area contributed by atoms with Crippen LogP contribution in [0.1, 0.15) is 27.9 Å². The van der Waals surface area contributed by atoms with Crippen molar-refractivity contribution in [2.24, 2.45) is 0 Å². The monoisotopic (exact) mass is 291 g/mol. The van der Waals surface area contributed by atoms with Crippen molar-refractivity contribution in [3.63, 3.8) is 0 Å². The Hall–Kier alpha value is -2.08. The largest absolute Gasteiger partial charge is 0.491 e. The Labute approximate surface area is 121 Å². The van der Waals surface area contributed by atoms with Crippen LogP contribution in [-0.2, 0) is 6.54 Å². The number of carbonyl (C=O) groups excluding carboxylic acids is 1. The molecule has 0 radical (unpaired) electrons. The molecule has 0 aliphatic carbocycles. The van der Waals surface area contributed by atoms with Gasteiger partial charge in [0.05, 0.1) is 35.6 Å². The maximum Gasteiger partial charge on any atom is 0.255 e. The van der Waals surface area contributed by atoms with Crippen LogP contribution >= 0.6 is 11.3 Å². The van der Waals surface area contributed by atoms with Crippen LogP contribution in [0.3, 0.4) is 0 Å². The number of nitrogens with zero attached hydrogens (tertiary/aromatic N) is 1. The Bertz CT molecular complexity index is 610. The van der Waals surface area contributed by atoms with Gasteiger partial charge in [-0.2, -0.15) is 0 Å². The van der Waals surface area contributed by atoms with Crippen LogP contribution in [0.25, 0.3) is 0 Å². The minimum atomic E-state index is -0.200. The average Bonchev–Trinajstić information content (AvgIpc) is 2.84. The smallest absolute Gasteiger partial charge is 0.255 e. The van der Waals surface area contributed by atoms with Gasteiger partial charge in [0.1, 0.15) is 0 Å². The zero-order valence-corrected chi connectivity index (χ0v) is 12.3. The number of benzene rings is 1. The van der Waals surface area contributed by atoms with E-state index in [9.17, 15) is 4.79 Å². The Kier molecular flexibility index (Phi) is 4.57. The standard InChI is InChI=1S/C14H17N3O2S/c1-3-19-13-10(5-4-6-11(13)15)14(18)16-7-12-9(2)17-8-20-12/h4-6,8H,3,7,15H2,1-2H3,(H,16,18). The van der Waals surface area contributed by atoms with Gasteiger partial charge < -0.3 is 15.8 Å². The summed E-state index contributed by atoms with van der Waals surface area (Å²) >= 11 is 1.52. The second-order valence-electron chi connectivity index (χ2n) is 4.20. The first-order valence-electron chi connectivity index (χ1n) is 6.32. The summed E-state index contributed by atoms with van der Waals surface area (Å²) in [7, 11) is 0. The van der Waals surface area contributed by atoms with Crippen molar-refractivity contribution in [2.45, 2.75) is 20.4 Å². The minimum absolute atomic E-state index is 0.200. The van der Waals surface area contributed by atoms with E-state index in [4.69, 9.17) is 10.5 Å². The highest BCUT2D eigenvalue weighted by atomic mass is 32.1. The second-order valence-corrected chi connectivity index (χ2v) is 5.14. The lowest BCUT2D eigenvalue weighted by molar-refractivity contribution is 0.0947. The van der Waals surface area contributed by atoms with Gasteiger partial charge in [-0.25, -0.2) is 4.98 Å². The molecular weight excluding hydrogens is 274 g/mol. The molecule has 1 heterocycles. The molecule has 0 fully saturated rings. The van der Waals surface area contributed by atoms with Crippen LogP contribution in [0.2, 0.25) is 0 Å². The number of aryl methyl sites for hydroxylation is 1. The molecule has 106 valence electrons. The highest BCUT2D eigenvalue weighted by molar-refractivity contribution is 7.09. The quantitative estimate of drug-likeness (QED) is 0.829. The predicted molar refractivity (Wildman–Crippen MR) is 80.0 cm³/mol. The third kappa shape index (κ3) is 3.08. The number of para-hydroxylation sites is 1. The summed E-state index contributed by atoms with van der Waals surface area (Å²) in [6.45, 7) is 4.69. The number of hydrogen-bond acceptors (Lipinski definition) is 5.